The van der Waals surface area contributed by atoms with Gasteiger partial charge in [0.2, 0.25) is 0 Å². The lowest BCUT2D eigenvalue weighted by molar-refractivity contribution is 0.466. The topological polar surface area (TPSA) is 24.9 Å². The number of hydrogen-bond acceptors (Lipinski definition) is 2. The van der Waals surface area contributed by atoms with Crippen molar-refractivity contribution in [3.8, 4) is 0 Å². The number of nitrogens with one attached hydrogen (secondary N) is 1. The molecule has 0 unspecified atom stereocenters. The summed E-state index contributed by atoms with van der Waals surface area (Å²) in [5.41, 5.74) is 1.94. The summed E-state index contributed by atoms with van der Waals surface area (Å²) in [5.74, 6) is 2.07. The van der Waals surface area contributed by atoms with Crippen LogP contribution < -0.4 is 5.32 Å². The fourth-order valence-electron chi connectivity index (χ4n) is 2.49. The Morgan fingerprint density at radius 2 is 2.27 bits per heavy atom. The zero-order valence-corrected chi connectivity index (χ0v) is 9.29. The molecule has 80 valence electrons. The number of anilines is 1. The van der Waals surface area contributed by atoms with Crippen molar-refractivity contribution < 1.29 is 0 Å². The van der Waals surface area contributed by atoms with E-state index in [1.54, 1.807) is 0 Å². The van der Waals surface area contributed by atoms with Crippen LogP contribution in [0.25, 0.3) is 0 Å². The maximum Gasteiger partial charge on any atom is 0.126 e. The standard InChI is InChI=1S/C13H18N2/c1-10-4-7-14-12(8-10)15-9-13(5-6-13)11-2-3-11/h4,7-8,11H,2-3,5-6,9H2,1H3,(H,14,15). The first-order valence-corrected chi connectivity index (χ1v) is 5.95. The van der Waals surface area contributed by atoms with Crippen LogP contribution in [-0.2, 0) is 0 Å². The van der Waals surface area contributed by atoms with Gasteiger partial charge in [-0.3, -0.25) is 0 Å². The molecule has 2 aliphatic carbocycles. The zero-order chi connectivity index (χ0) is 10.3. The molecule has 15 heavy (non-hydrogen) atoms. The van der Waals surface area contributed by atoms with E-state index in [9.17, 15) is 0 Å². The van der Waals surface area contributed by atoms with Gasteiger partial charge in [0.1, 0.15) is 5.82 Å². The second kappa shape index (κ2) is 3.22. The van der Waals surface area contributed by atoms with Gasteiger partial charge < -0.3 is 5.32 Å². The number of aromatic nitrogens is 1. The summed E-state index contributed by atoms with van der Waals surface area (Å²) in [7, 11) is 0. The smallest absolute Gasteiger partial charge is 0.126 e. The lowest BCUT2D eigenvalue weighted by Crippen LogP contribution is -2.17. The molecule has 0 saturated heterocycles. The van der Waals surface area contributed by atoms with E-state index in [2.05, 4.69) is 23.3 Å². The highest BCUT2D eigenvalue weighted by molar-refractivity contribution is 5.37. The summed E-state index contributed by atoms with van der Waals surface area (Å²) in [5, 5.41) is 3.50. The fraction of sp³-hybridized carbons (Fsp3) is 0.615. The SMILES string of the molecule is Cc1ccnc(NCC2(C3CC3)CC2)c1. The first-order valence-electron chi connectivity index (χ1n) is 5.95. The second-order valence-electron chi connectivity index (χ2n) is 5.21. The van der Waals surface area contributed by atoms with Crippen molar-refractivity contribution in [1.82, 2.24) is 4.98 Å². The summed E-state index contributed by atoms with van der Waals surface area (Å²) in [4.78, 5) is 4.34. The maximum atomic E-state index is 4.34. The van der Waals surface area contributed by atoms with E-state index in [0.717, 1.165) is 18.3 Å². The molecular formula is C13H18N2. The Balaban J connectivity index is 1.61. The van der Waals surface area contributed by atoms with Crippen molar-refractivity contribution in [3.63, 3.8) is 0 Å². The summed E-state index contributed by atoms with van der Waals surface area (Å²) >= 11 is 0. The third-order valence-corrected chi connectivity index (χ3v) is 3.87. The van der Waals surface area contributed by atoms with E-state index in [1.807, 2.05) is 12.3 Å². The van der Waals surface area contributed by atoms with Crippen LogP contribution in [0.5, 0.6) is 0 Å². The van der Waals surface area contributed by atoms with Gasteiger partial charge in [-0.25, -0.2) is 4.98 Å². The summed E-state index contributed by atoms with van der Waals surface area (Å²) < 4.78 is 0. The predicted octanol–water partition coefficient (Wildman–Crippen LogP) is 2.99. The number of hydrogen-bond donors (Lipinski definition) is 1. The molecule has 3 rings (SSSR count). The Morgan fingerprint density at radius 3 is 2.87 bits per heavy atom. The number of rotatable bonds is 4. The van der Waals surface area contributed by atoms with E-state index in [0.29, 0.717) is 5.41 Å². The van der Waals surface area contributed by atoms with Crippen molar-refractivity contribution in [2.24, 2.45) is 11.3 Å². The van der Waals surface area contributed by atoms with Gasteiger partial charge in [-0.05, 0) is 61.6 Å². The lowest BCUT2D eigenvalue weighted by Gasteiger charge is -2.15. The van der Waals surface area contributed by atoms with Crippen molar-refractivity contribution in [2.75, 3.05) is 11.9 Å². The Morgan fingerprint density at radius 1 is 1.47 bits per heavy atom. The third-order valence-electron chi connectivity index (χ3n) is 3.87. The van der Waals surface area contributed by atoms with Crippen molar-refractivity contribution in [3.05, 3.63) is 23.9 Å². The molecular weight excluding hydrogens is 184 g/mol. The van der Waals surface area contributed by atoms with Gasteiger partial charge in [0.15, 0.2) is 0 Å². The molecule has 1 heterocycles. The number of pyridine rings is 1. The molecule has 2 fully saturated rings. The minimum atomic E-state index is 0.658. The van der Waals surface area contributed by atoms with E-state index in [4.69, 9.17) is 0 Å². The van der Waals surface area contributed by atoms with Crippen LogP contribution in [0.15, 0.2) is 18.3 Å². The Bertz CT molecular complexity index is 365. The van der Waals surface area contributed by atoms with Gasteiger partial charge in [0.05, 0.1) is 0 Å². The van der Waals surface area contributed by atoms with Crippen LogP contribution in [0.1, 0.15) is 31.2 Å². The highest BCUT2D eigenvalue weighted by Crippen LogP contribution is 2.61. The number of nitrogens with zero attached hydrogens (tertiary/aromatic N) is 1. The molecule has 0 aromatic carbocycles. The first kappa shape index (κ1) is 9.20. The minimum Gasteiger partial charge on any atom is -0.370 e. The van der Waals surface area contributed by atoms with Crippen LogP contribution in [0.4, 0.5) is 5.82 Å². The van der Waals surface area contributed by atoms with Gasteiger partial charge in [-0.15, -0.1) is 0 Å². The highest BCUT2D eigenvalue weighted by atomic mass is 15.0. The van der Waals surface area contributed by atoms with Crippen molar-refractivity contribution >= 4 is 5.82 Å². The maximum absolute atomic E-state index is 4.34. The molecule has 2 saturated carbocycles. The Kier molecular flexibility index (Phi) is 1.98. The molecule has 1 aromatic heterocycles. The lowest BCUT2D eigenvalue weighted by atomic mass is 10.0. The molecule has 0 aliphatic heterocycles. The van der Waals surface area contributed by atoms with E-state index >= 15 is 0 Å². The molecule has 2 heteroatoms. The minimum absolute atomic E-state index is 0.658. The summed E-state index contributed by atoms with van der Waals surface area (Å²) in [6.45, 7) is 3.24. The average Bonchev–Trinajstić information content (AvgIpc) is 3.08. The van der Waals surface area contributed by atoms with Crippen LogP contribution in [0, 0.1) is 18.3 Å². The first-order chi connectivity index (χ1) is 7.28. The molecule has 0 bridgehead atoms. The van der Waals surface area contributed by atoms with Gasteiger partial charge >= 0.3 is 0 Å². The predicted molar refractivity (Wildman–Crippen MR) is 61.9 cm³/mol. The molecule has 2 aliphatic rings. The second-order valence-corrected chi connectivity index (χ2v) is 5.21. The molecule has 1 aromatic rings. The van der Waals surface area contributed by atoms with Gasteiger partial charge in [-0.1, -0.05) is 0 Å². The largest absolute Gasteiger partial charge is 0.370 e. The van der Waals surface area contributed by atoms with E-state index < -0.39 is 0 Å². The highest BCUT2D eigenvalue weighted by Gasteiger charge is 2.53. The van der Waals surface area contributed by atoms with E-state index in [-0.39, 0.29) is 0 Å². The van der Waals surface area contributed by atoms with E-state index in [1.165, 1.54) is 31.2 Å². The molecule has 0 amide bonds. The quantitative estimate of drug-likeness (QED) is 0.812. The molecule has 2 nitrogen and oxygen atoms in total. The van der Waals surface area contributed by atoms with Crippen LogP contribution in [0.3, 0.4) is 0 Å². The normalized spacial score (nSPS) is 22.5. The summed E-state index contributed by atoms with van der Waals surface area (Å²) in [6, 6.07) is 4.17. The molecule has 1 N–H and O–H groups in total. The van der Waals surface area contributed by atoms with Crippen molar-refractivity contribution in [1.29, 1.82) is 0 Å². The van der Waals surface area contributed by atoms with Gasteiger partial charge in [0, 0.05) is 12.7 Å². The van der Waals surface area contributed by atoms with Crippen LogP contribution >= 0.6 is 0 Å². The van der Waals surface area contributed by atoms with Crippen LogP contribution in [-0.4, -0.2) is 11.5 Å². The molecule has 0 atom stereocenters. The Labute approximate surface area is 91.1 Å². The molecule has 0 radical (unpaired) electrons. The Hall–Kier alpha value is -1.05. The number of aryl methyl sites for hydroxylation is 1. The fourth-order valence-corrected chi connectivity index (χ4v) is 2.49. The molecule has 0 spiro atoms. The zero-order valence-electron chi connectivity index (χ0n) is 9.29. The monoisotopic (exact) mass is 202 g/mol. The van der Waals surface area contributed by atoms with Crippen LogP contribution in [0.2, 0.25) is 0 Å². The third kappa shape index (κ3) is 1.85. The average molecular weight is 202 g/mol. The van der Waals surface area contributed by atoms with Gasteiger partial charge in [0.25, 0.3) is 0 Å². The van der Waals surface area contributed by atoms with Gasteiger partial charge in [-0.2, -0.15) is 0 Å². The van der Waals surface area contributed by atoms with Crippen molar-refractivity contribution in [2.45, 2.75) is 32.6 Å². The summed E-state index contributed by atoms with van der Waals surface area (Å²) in [6.07, 6.45) is 7.66.